The monoisotopic (exact) mass is 500 g/mol. The molecule has 0 fully saturated rings. The summed E-state index contributed by atoms with van der Waals surface area (Å²) in [6, 6.07) is 7.59. The molecule has 1 unspecified atom stereocenters. The molecule has 2 rings (SSSR count). The third-order valence-electron chi connectivity index (χ3n) is 6.61. The number of allylic oxidation sites excluding steroid dienone is 1. The van der Waals surface area contributed by atoms with Crippen molar-refractivity contribution in [1.29, 1.82) is 0 Å². The molecule has 1 aromatic rings. The van der Waals surface area contributed by atoms with Crippen LogP contribution in [-0.2, 0) is 30.2 Å². The predicted molar refractivity (Wildman–Crippen MR) is 141 cm³/mol. The maximum atomic E-state index is 12.8. The molecule has 0 heterocycles. The van der Waals surface area contributed by atoms with Crippen LogP contribution < -0.4 is 0 Å². The van der Waals surface area contributed by atoms with Crippen molar-refractivity contribution >= 4 is 17.9 Å². The number of aryl methyl sites for hydroxylation is 1. The first-order valence-electron chi connectivity index (χ1n) is 13.3. The Bertz CT molecular complexity index is 908. The van der Waals surface area contributed by atoms with Gasteiger partial charge in [0.2, 0.25) is 0 Å². The van der Waals surface area contributed by atoms with Crippen LogP contribution in [0.3, 0.4) is 0 Å². The van der Waals surface area contributed by atoms with Crippen molar-refractivity contribution in [2.24, 2.45) is 5.92 Å². The van der Waals surface area contributed by atoms with Crippen molar-refractivity contribution in [3.05, 3.63) is 46.5 Å². The lowest BCUT2D eigenvalue weighted by atomic mass is 9.73. The fourth-order valence-corrected chi connectivity index (χ4v) is 4.68. The normalized spacial score (nSPS) is 15.3. The van der Waals surface area contributed by atoms with Gasteiger partial charge >= 0.3 is 17.9 Å². The van der Waals surface area contributed by atoms with Crippen molar-refractivity contribution in [3.8, 4) is 0 Å². The number of unbranched alkanes of at least 4 members (excludes halogenated alkanes) is 5. The first-order chi connectivity index (χ1) is 17.1. The smallest absolute Gasteiger partial charge is 0.337 e. The zero-order chi connectivity index (χ0) is 26.6. The Morgan fingerprint density at radius 3 is 2.22 bits per heavy atom. The van der Waals surface area contributed by atoms with Crippen molar-refractivity contribution in [2.75, 3.05) is 14.2 Å². The molecule has 1 atom stereocenters. The van der Waals surface area contributed by atoms with Gasteiger partial charge in [0.05, 0.1) is 25.7 Å². The third-order valence-corrected chi connectivity index (χ3v) is 6.61. The van der Waals surface area contributed by atoms with Gasteiger partial charge in [-0.05, 0) is 89.8 Å². The van der Waals surface area contributed by atoms with Gasteiger partial charge in [0.25, 0.3) is 0 Å². The summed E-state index contributed by atoms with van der Waals surface area (Å²) in [4.78, 5) is 35.7. The van der Waals surface area contributed by atoms with Crippen molar-refractivity contribution < 1.29 is 28.6 Å². The van der Waals surface area contributed by atoms with Crippen LogP contribution in [0.15, 0.2) is 35.4 Å². The zero-order valence-electron chi connectivity index (χ0n) is 22.8. The molecule has 36 heavy (non-hydrogen) atoms. The highest BCUT2D eigenvalue weighted by molar-refractivity contribution is 5.89. The predicted octanol–water partition coefficient (Wildman–Crippen LogP) is 6.75. The quantitative estimate of drug-likeness (QED) is 0.115. The van der Waals surface area contributed by atoms with E-state index >= 15 is 0 Å². The molecule has 0 aliphatic heterocycles. The molecule has 0 radical (unpaired) electrons. The summed E-state index contributed by atoms with van der Waals surface area (Å²) in [5.41, 5.74) is 3.92. The van der Waals surface area contributed by atoms with Crippen LogP contribution in [0, 0.1) is 5.92 Å². The van der Waals surface area contributed by atoms with E-state index in [-0.39, 0.29) is 23.8 Å². The van der Waals surface area contributed by atoms with E-state index in [0.29, 0.717) is 12.0 Å². The number of ether oxygens (including phenoxy) is 3. The molecular formula is C30H44O6. The lowest BCUT2D eigenvalue weighted by molar-refractivity contribution is -0.159. The summed E-state index contributed by atoms with van der Waals surface area (Å²) in [5, 5.41) is 0. The lowest BCUT2D eigenvalue weighted by Crippen LogP contribution is -2.34. The molecule has 0 spiro atoms. The maximum Gasteiger partial charge on any atom is 0.337 e. The molecule has 6 nitrogen and oxygen atoms in total. The first kappa shape index (κ1) is 29.6. The summed E-state index contributed by atoms with van der Waals surface area (Å²) >= 11 is 0. The van der Waals surface area contributed by atoms with Gasteiger partial charge in [-0.15, -0.1) is 0 Å². The Labute approximate surface area is 216 Å². The second kappa shape index (κ2) is 14.8. The molecule has 0 N–H and O–H groups in total. The number of hydrogen-bond acceptors (Lipinski definition) is 6. The average Bonchev–Trinajstić information content (AvgIpc) is 2.82. The van der Waals surface area contributed by atoms with Crippen LogP contribution in [-0.4, -0.2) is 37.7 Å². The highest BCUT2D eigenvalue weighted by atomic mass is 16.6. The molecule has 6 heteroatoms. The van der Waals surface area contributed by atoms with Crippen LogP contribution in [0.4, 0.5) is 0 Å². The van der Waals surface area contributed by atoms with E-state index in [1.54, 1.807) is 6.07 Å². The second-order valence-electron chi connectivity index (χ2n) is 10.7. The molecule has 1 aliphatic carbocycles. The highest BCUT2D eigenvalue weighted by Crippen LogP contribution is 2.42. The minimum atomic E-state index is -0.479. The molecule has 0 amide bonds. The van der Waals surface area contributed by atoms with Gasteiger partial charge in [-0.25, -0.2) is 4.79 Å². The Morgan fingerprint density at radius 1 is 0.861 bits per heavy atom. The second-order valence-corrected chi connectivity index (χ2v) is 10.7. The number of carbonyl (C=O) groups excluding carboxylic acids is 3. The maximum absolute atomic E-state index is 12.8. The third kappa shape index (κ3) is 10.2. The number of benzene rings is 1. The number of carbonyl (C=O) groups is 3. The van der Waals surface area contributed by atoms with Crippen LogP contribution >= 0.6 is 0 Å². The lowest BCUT2D eigenvalue weighted by Gasteiger charge is -2.35. The molecule has 0 saturated heterocycles. The summed E-state index contributed by atoms with van der Waals surface area (Å²) < 4.78 is 15.2. The van der Waals surface area contributed by atoms with Crippen LogP contribution in [0.1, 0.15) is 107 Å². The molecule has 1 aromatic carbocycles. The topological polar surface area (TPSA) is 78.9 Å². The van der Waals surface area contributed by atoms with Crippen LogP contribution in [0.25, 0.3) is 0 Å². The summed E-state index contributed by atoms with van der Waals surface area (Å²) in [6.45, 7) is 5.74. The minimum absolute atomic E-state index is 0.102. The fraction of sp³-hybridized carbons (Fsp3) is 0.633. The highest BCUT2D eigenvalue weighted by Gasteiger charge is 2.36. The number of rotatable bonds is 15. The van der Waals surface area contributed by atoms with E-state index in [1.165, 1.54) is 25.4 Å². The zero-order valence-corrected chi connectivity index (χ0v) is 22.8. The van der Waals surface area contributed by atoms with Gasteiger partial charge in [-0.1, -0.05) is 42.5 Å². The van der Waals surface area contributed by atoms with Gasteiger partial charge in [-0.2, -0.15) is 0 Å². The van der Waals surface area contributed by atoms with E-state index in [4.69, 9.17) is 9.47 Å². The van der Waals surface area contributed by atoms with E-state index in [1.807, 2.05) is 39.0 Å². The standard InChI is InChI=1S/C30H44O6/c1-30(2,3)36-29(33)26-21-23(16-9-7-6-8-10-19-27(31)34-4)25(26)18-12-11-14-22-15-13-17-24(20-22)28(32)35-5/h13,15,17,20,26H,6-12,14,16,18-19,21H2,1-5H3. The summed E-state index contributed by atoms with van der Waals surface area (Å²) in [5.74, 6) is -0.662. The van der Waals surface area contributed by atoms with Gasteiger partial charge in [0.1, 0.15) is 5.60 Å². The van der Waals surface area contributed by atoms with E-state index in [0.717, 1.165) is 76.2 Å². The molecular weight excluding hydrogens is 456 g/mol. The van der Waals surface area contributed by atoms with Crippen LogP contribution in [0.5, 0.6) is 0 Å². The number of hydrogen-bond donors (Lipinski definition) is 0. The van der Waals surface area contributed by atoms with Gasteiger partial charge < -0.3 is 14.2 Å². The fourth-order valence-electron chi connectivity index (χ4n) is 4.68. The minimum Gasteiger partial charge on any atom is -0.469 e. The largest absolute Gasteiger partial charge is 0.469 e. The Hall–Kier alpha value is -2.63. The molecule has 200 valence electrons. The number of esters is 3. The van der Waals surface area contributed by atoms with Crippen LogP contribution in [0.2, 0.25) is 0 Å². The SMILES string of the molecule is COC(=O)CCCCCCCC1=C(CCCCc2cccc(C(=O)OC)c2)C(C(=O)OC(C)(C)C)C1. The Balaban J connectivity index is 1.85. The van der Waals surface area contributed by atoms with Gasteiger partial charge in [-0.3, -0.25) is 9.59 Å². The molecule has 0 bridgehead atoms. The van der Waals surface area contributed by atoms with Crippen molar-refractivity contribution in [2.45, 2.75) is 103 Å². The van der Waals surface area contributed by atoms with Crippen molar-refractivity contribution in [3.63, 3.8) is 0 Å². The Morgan fingerprint density at radius 2 is 1.53 bits per heavy atom. The Kier molecular flexibility index (Phi) is 12.2. The molecule has 0 saturated carbocycles. The number of methoxy groups -OCH3 is 2. The molecule has 0 aromatic heterocycles. The molecule has 1 aliphatic rings. The van der Waals surface area contributed by atoms with Crippen molar-refractivity contribution in [1.82, 2.24) is 0 Å². The van der Waals surface area contributed by atoms with E-state index < -0.39 is 5.60 Å². The van der Waals surface area contributed by atoms with Gasteiger partial charge in [0.15, 0.2) is 0 Å². The van der Waals surface area contributed by atoms with E-state index in [2.05, 4.69) is 4.74 Å². The summed E-state index contributed by atoms with van der Waals surface area (Å²) in [6.07, 6.45) is 11.4. The van der Waals surface area contributed by atoms with E-state index in [9.17, 15) is 14.4 Å². The van der Waals surface area contributed by atoms with Gasteiger partial charge in [0, 0.05) is 6.42 Å². The summed E-state index contributed by atoms with van der Waals surface area (Å²) in [7, 11) is 2.82. The average molecular weight is 501 g/mol. The first-order valence-corrected chi connectivity index (χ1v) is 13.3.